The van der Waals surface area contributed by atoms with E-state index < -0.39 is 5.41 Å². The Morgan fingerprint density at radius 2 is 0.850 bits per heavy atom. The topological polar surface area (TPSA) is 12.0 Å². The van der Waals surface area contributed by atoms with Crippen LogP contribution >= 0.6 is 0 Å². The fourth-order valence-electron chi connectivity index (χ4n) is 6.68. The van der Waals surface area contributed by atoms with Gasteiger partial charge in [0, 0.05) is 11.4 Å². The summed E-state index contributed by atoms with van der Waals surface area (Å²) < 4.78 is 0. The van der Waals surface area contributed by atoms with Gasteiger partial charge in [-0.1, -0.05) is 121 Å². The summed E-state index contributed by atoms with van der Waals surface area (Å²) in [5.74, 6) is 0. The number of hydrogen-bond acceptors (Lipinski definition) is 1. The molecule has 1 nitrogen and oxygen atoms in total. The maximum atomic E-state index is 3.73. The van der Waals surface area contributed by atoms with Crippen molar-refractivity contribution < 1.29 is 0 Å². The van der Waals surface area contributed by atoms with Crippen molar-refractivity contribution in [2.75, 3.05) is 5.32 Å². The van der Waals surface area contributed by atoms with Crippen molar-refractivity contribution in [1.29, 1.82) is 0 Å². The summed E-state index contributed by atoms with van der Waals surface area (Å²) >= 11 is 0. The second-order valence-electron chi connectivity index (χ2n) is 10.7. The summed E-state index contributed by atoms with van der Waals surface area (Å²) in [5.41, 5.74) is 9.53. The number of benzene rings is 7. The highest BCUT2D eigenvalue weighted by Gasteiger charge is 2.46. The predicted molar refractivity (Wildman–Crippen MR) is 168 cm³/mol. The van der Waals surface area contributed by atoms with Crippen molar-refractivity contribution in [1.82, 2.24) is 0 Å². The van der Waals surface area contributed by atoms with Gasteiger partial charge in [0.05, 0.1) is 5.41 Å². The third kappa shape index (κ3) is 3.41. The van der Waals surface area contributed by atoms with Crippen molar-refractivity contribution in [3.05, 3.63) is 180 Å². The minimum Gasteiger partial charge on any atom is -0.355 e. The van der Waals surface area contributed by atoms with Crippen LogP contribution in [0, 0.1) is 0 Å². The largest absolute Gasteiger partial charge is 0.355 e. The molecule has 8 rings (SSSR count). The number of anilines is 2. The molecule has 0 fully saturated rings. The Balaban J connectivity index is 1.40. The molecule has 188 valence electrons. The zero-order valence-electron chi connectivity index (χ0n) is 22.0. The molecule has 0 spiro atoms. The molecular weight excluding hydrogens is 482 g/mol. The van der Waals surface area contributed by atoms with Gasteiger partial charge in [-0.25, -0.2) is 0 Å². The first-order valence-electron chi connectivity index (χ1n) is 13.9. The molecule has 0 unspecified atom stereocenters. The van der Waals surface area contributed by atoms with E-state index in [1.807, 2.05) is 0 Å². The summed E-state index contributed by atoms with van der Waals surface area (Å²) in [5, 5.41) is 8.73. The Labute approximate surface area is 234 Å². The molecule has 1 aliphatic rings. The summed E-state index contributed by atoms with van der Waals surface area (Å²) in [6, 6.07) is 57.5. The van der Waals surface area contributed by atoms with Crippen LogP contribution < -0.4 is 5.32 Å². The van der Waals surface area contributed by atoms with E-state index in [0.29, 0.717) is 0 Å². The zero-order chi connectivity index (χ0) is 26.5. The highest BCUT2D eigenvalue weighted by atomic mass is 14.9. The second-order valence-corrected chi connectivity index (χ2v) is 10.7. The molecule has 0 radical (unpaired) electrons. The monoisotopic (exact) mass is 509 g/mol. The SMILES string of the molecule is c1ccc(C2(c3ccccc3)c3cc(Nc4ccc5ccccc5c4)ccc3-c3cc4ccccc4cc32)cc1. The third-order valence-electron chi connectivity index (χ3n) is 8.46. The van der Waals surface area contributed by atoms with Gasteiger partial charge in [0.2, 0.25) is 0 Å². The van der Waals surface area contributed by atoms with E-state index in [4.69, 9.17) is 0 Å². The third-order valence-corrected chi connectivity index (χ3v) is 8.46. The summed E-state index contributed by atoms with van der Waals surface area (Å²) in [6.07, 6.45) is 0. The lowest BCUT2D eigenvalue weighted by Gasteiger charge is -2.34. The maximum Gasteiger partial charge on any atom is 0.0714 e. The maximum absolute atomic E-state index is 3.73. The van der Waals surface area contributed by atoms with Gasteiger partial charge in [0.25, 0.3) is 0 Å². The molecule has 0 aliphatic heterocycles. The van der Waals surface area contributed by atoms with Crippen molar-refractivity contribution in [2.24, 2.45) is 0 Å². The van der Waals surface area contributed by atoms with Crippen molar-refractivity contribution in [3.8, 4) is 11.1 Å². The van der Waals surface area contributed by atoms with Gasteiger partial charge in [-0.2, -0.15) is 0 Å². The highest BCUT2D eigenvalue weighted by Crippen LogP contribution is 2.57. The lowest BCUT2D eigenvalue weighted by atomic mass is 9.67. The number of nitrogens with one attached hydrogen (secondary N) is 1. The summed E-state index contributed by atoms with van der Waals surface area (Å²) in [7, 11) is 0. The second kappa shape index (κ2) is 8.97. The Morgan fingerprint density at radius 3 is 1.52 bits per heavy atom. The Morgan fingerprint density at radius 1 is 0.350 bits per heavy atom. The first kappa shape index (κ1) is 22.8. The van der Waals surface area contributed by atoms with Crippen LogP contribution in [0.5, 0.6) is 0 Å². The average molecular weight is 510 g/mol. The molecule has 0 saturated carbocycles. The first-order valence-corrected chi connectivity index (χ1v) is 13.9. The summed E-state index contributed by atoms with van der Waals surface area (Å²) in [4.78, 5) is 0. The van der Waals surface area contributed by atoms with Crippen LogP contribution in [0.15, 0.2) is 158 Å². The molecular formula is C39H27N. The van der Waals surface area contributed by atoms with Gasteiger partial charge < -0.3 is 5.32 Å². The molecule has 0 aromatic heterocycles. The van der Waals surface area contributed by atoms with Gasteiger partial charge >= 0.3 is 0 Å². The van der Waals surface area contributed by atoms with Crippen LogP contribution in [0.2, 0.25) is 0 Å². The molecule has 7 aromatic rings. The lowest BCUT2D eigenvalue weighted by molar-refractivity contribution is 0.770. The van der Waals surface area contributed by atoms with E-state index in [-0.39, 0.29) is 0 Å². The lowest BCUT2D eigenvalue weighted by Crippen LogP contribution is -2.28. The molecule has 0 atom stereocenters. The van der Waals surface area contributed by atoms with Crippen LogP contribution in [-0.4, -0.2) is 0 Å². The molecule has 1 N–H and O–H groups in total. The van der Waals surface area contributed by atoms with Crippen molar-refractivity contribution >= 4 is 32.9 Å². The Kier molecular flexibility index (Phi) is 5.11. The minimum atomic E-state index is -0.432. The number of fused-ring (bicyclic) bond motifs is 5. The van der Waals surface area contributed by atoms with E-state index in [1.54, 1.807) is 0 Å². The minimum absolute atomic E-state index is 0.432. The van der Waals surface area contributed by atoms with Crippen LogP contribution in [0.4, 0.5) is 11.4 Å². The molecule has 1 heteroatoms. The van der Waals surface area contributed by atoms with Gasteiger partial charge in [-0.3, -0.25) is 0 Å². The van der Waals surface area contributed by atoms with Crippen LogP contribution in [0.25, 0.3) is 32.7 Å². The standard InChI is InChI=1S/C39H27N/c1-3-15-31(16-4-1)39(32-17-5-2-6-18-32)37-25-30-14-10-9-13-29(30)24-36(37)35-22-21-34(26-38(35)39)40-33-20-19-27-11-7-8-12-28(27)23-33/h1-26,40H. The fraction of sp³-hybridized carbons (Fsp3) is 0.0256. The smallest absolute Gasteiger partial charge is 0.0714 e. The molecule has 0 saturated heterocycles. The van der Waals surface area contributed by atoms with Crippen molar-refractivity contribution in [3.63, 3.8) is 0 Å². The number of hydrogen-bond donors (Lipinski definition) is 1. The van der Waals surface area contributed by atoms with Crippen LogP contribution in [-0.2, 0) is 5.41 Å². The van der Waals surface area contributed by atoms with Gasteiger partial charge in [0.15, 0.2) is 0 Å². The Hall–Kier alpha value is -5.14. The van der Waals surface area contributed by atoms with Gasteiger partial charge in [0.1, 0.15) is 0 Å². The normalized spacial score (nSPS) is 13.2. The van der Waals surface area contributed by atoms with E-state index in [0.717, 1.165) is 11.4 Å². The molecule has 0 amide bonds. The summed E-state index contributed by atoms with van der Waals surface area (Å²) in [6.45, 7) is 0. The average Bonchev–Trinajstić information content (AvgIpc) is 3.30. The first-order chi connectivity index (χ1) is 19.8. The van der Waals surface area contributed by atoms with Gasteiger partial charge in [-0.15, -0.1) is 0 Å². The fourth-order valence-corrected chi connectivity index (χ4v) is 6.68. The van der Waals surface area contributed by atoms with E-state index >= 15 is 0 Å². The van der Waals surface area contributed by atoms with E-state index in [2.05, 4.69) is 163 Å². The van der Waals surface area contributed by atoms with Gasteiger partial charge in [-0.05, 0) is 91.3 Å². The van der Waals surface area contributed by atoms with Crippen LogP contribution in [0.3, 0.4) is 0 Å². The highest BCUT2D eigenvalue weighted by molar-refractivity contribution is 5.96. The molecule has 0 heterocycles. The quantitative estimate of drug-likeness (QED) is 0.249. The zero-order valence-corrected chi connectivity index (χ0v) is 22.0. The van der Waals surface area contributed by atoms with E-state index in [9.17, 15) is 0 Å². The van der Waals surface area contributed by atoms with Crippen molar-refractivity contribution in [2.45, 2.75) is 5.41 Å². The van der Waals surface area contributed by atoms with Crippen LogP contribution in [0.1, 0.15) is 22.3 Å². The Bertz CT molecular complexity index is 1980. The molecule has 1 aliphatic carbocycles. The molecule has 40 heavy (non-hydrogen) atoms. The number of rotatable bonds is 4. The molecule has 7 aromatic carbocycles. The molecule has 0 bridgehead atoms. The van der Waals surface area contributed by atoms with E-state index in [1.165, 1.54) is 54.9 Å². The predicted octanol–water partition coefficient (Wildman–Crippen LogP) is 10.1.